The number of nitrogens with zero attached hydrogens (tertiary/aromatic N) is 2. The number of anilines is 1. The standard InChI is InChI=1S/C25H25N3O/c1-17(25(29)28-21-12-6-18(16-26)7-13-21)19-8-10-20(11-9-19)22-14-15-27-24-5-3-2-4-23(22)24/h2-7,12-15,17,19-20H,8-11H2,1H3,(H,28,29)/t17-,19-,20+/m1/s1. The van der Waals surface area contributed by atoms with Crippen LogP contribution in [-0.2, 0) is 4.79 Å². The van der Waals surface area contributed by atoms with Crippen LogP contribution in [0.25, 0.3) is 10.9 Å². The van der Waals surface area contributed by atoms with Gasteiger partial charge in [-0.05, 0) is 79.5 Å². The molecule has 1 aliphatic carbocycles. The Morgan fingerprint density at radius 2 is 1.79 bits per heavy atom. The van der Waals surface area contributed by atoms with Crippen molar-refractivity contribution in [2.45, 2.75) is 38.5 Å². The van der Waals surface area contributed by atoms with Crippen LogP contribution in [0, 0.1) is 23.2 Å². The minimum absolute atomic E-state index is 0.0271. The minimum atomic E-state index is -0.0271. The Kier molecular flexibility index (Phi) is 5.57. The molecule has 0 aliphatic heterocycles. The van der Waals surface area contributed by atoms with Gasteiger partial charge in [0.05, 0.1) is 17.1 Å². The summed E-state index contributed by atoms with van der Waals surface area (Å²) < 4.78 is 0. The molecule has 0 unspecified atom stereocenters. The number of aromatic nitrogens is 1. The van der Waals surface area contributed by atoms with E-state index in [1.165, 1.54) is 10.9 Å². The van der Waals surface area contributed by atoms with E-state index in [0.717, 1.165) is 36.9 Å². The van der Waals surface area contributed by atoms with Gasteiger partial charge in [0.15, 0.2) is 0 Å². The maximum absolute atomic E-state index is 12.7. The minimum Gasteiger partial charge on any atom is -0.326 e. The summed E-state index contributed by atoms with van der Waals surface area (Å²) in [7, 11) is 0. The molecule has 146 valence electrons. The molecule has 0 spiro atoms. The number of hydrogen-bond donors (Lipinski definition) is 1. The molecule has 1 N–H and O–H groups in total. The van der Waals surface area contributed by atoms with Gasteiger partial charge in [-0.25, -0.2) is 0 Å². The van der Waals surface area contributed by atoms with Crippen LogP contribution in [0.4, 0.5) is 5.69 Å². The molecule has 4 heteroatoms. The molecule has 3 aromatic rings. The van der Waals surface area contributed by atoms with Gasteiger partial charge in [0.1, 0.15) is 0 Å². The van der Waals surface area contributed by atoms with Gasteiger partial charge in [-0.15, -0.1) is 0 Å². The first kappa shape index (κ1) is 19.1. The van der Waals surface area contributed by atoms with Crippen LogP contribution in [0.5, 0.6) is 0 Å². The predicted molar refractivity (Wildman–Crippen MR) is 115 cm³/mol. The molecule has 0 saturated heterocycles. The van der Waals surface area contributed by atoms with Gasteiger partial charge >= 0.3 is 0 Å². The quantitative estimate of drug-likeness (QED) is 0.632. The van der Waals surface area contributed by atoms with Gasteiger partial charge in [-0.2, -0.15) is 5.26 Å². The Morgan fingerprint density at radius 3 is 2.52 bits per heavy atom. The van der Waals surface area contributed by atoms with Crippen molar-refractivity contribution >= 4 is 22.5 Å². The number of rotatable bonds is 4. The van der Waals surface area contributed by atoms with Crippen LogP contribution >= 0.6 is 0 Å². The van der Waals surface area contributed by atoms with Crippen molar-refractivity contribution in [3.63, 3.8) is 0 Å². The van der Waals surface area contributed by atoms with Gasteiger partial charge in [0.2, 0.25) is 5.91 Å². The zero-order valence-electron chi connectivity index (χ0n) is 16.6. The van der Waals surface area contributed by atoms with Gasteiger partial charge in [0, 0.05) is 23.2 Å². The number of fused-ring (bicyclic) bond motifs is 1. The van der Waals surface area contributed by atoms with Crippen LogP contribution in [0.1, 0.15) is 49.7 Å². The highest BCUT2D eigenvalue weighted by atomic mass is 16.1. The molecular formula is C25H25N3O. The largest absolute Gasteiger partial charge is 0.326 e. The zero-order chi connectivity index (χ0) is 20.2. The number of amides is 1. The number of hydrogen-bond acceptors (Lipinski definition) is 3. The molecular weight excluding hydrogens is 358 g/mol. The fourth-order valence-electron chi connectivity index (χ4n) is 4.50. The summed E-state index contributed by atoms with van der Waals surface area (Å²) >= 11 is 0. The third kappa shape index (κ3) is 4.14. The van der Waals surface area contributed by atoms with Crippen molar-refractivity contribution in [2.24, 2.45) is 11.8 Å². The van der Waals surface area contributed by atoms with E-state index in [4.69, 9.17) is 5.26 Å². The van der Waals surface area contributed by atoms with Crippen LogP contribution in [-0.4, -0.2) is 10.9 Å². The van der Waals surface area contributed by atoms with Crippen LogP contribution in [0.3, 0.4) is 0 Å². The van der Waals surface area contributed by atoms with Crippen molar-refractivity contribution in [3.05, 3.63) is 71.9 Å². The lowest BCUT2D eigenvalue weighted by molar-refractivity contribution is -0.121. The zero-order valence-corrected chi connectivity index (χ0v) is 16.6. The summed E-state index contributed by atoms with van der Waals surface area (Å²) in [6.45, 7) is 2.03. The fourth-order valence-corrected chi connectivity index (χ4v) is 4.50. The first-order valence-corrected chi connectivity index (χ1v) is 10.3. The van der Waals surface area contributed by atoms with Gasteiger partial charge in [0.25, 0.3) is 0 Å². The molecule has 0 radical (unpaired) electrons. The van der Waals surface area contributed by atoms with E-state index in [1.807, 2.05) is 19.2 Å². The Hall–Kier alpha value is -3.19. The van der Waals surface area contributed by atoms with Crippen LogP contribution in [0.2, 0.25) is 0 Å². The second kappa shape index (κ2) is 8.45. The third-order valence-corrected chi connectivity index (χ3v) is 6.30. The topological polar surface area (TPSA) is 65.8 Å². The maximum atomic E-state index is 12.7. The van der Waals surface area contributed by atoms with Gasteiger partial charge in [-0.1, -0.05) is 25.1 Å². The predicted octanol–water partition coefficient (Wildman–Crippen LogP) is 5.66. The van der Waals surface area contributed by atoms with E-state index in [1.54, 1.807) is 24.3 Å². The monoisotopic (exact) mass is 383 g/mol. The van der Waals surface area contributed by atoms with E-state index >= 15 is 0 Å². The van der Waals surface area contributed by atoms with Crippen molar-refractivity contribution in [1.82, 2.24) is 4.98 Å². The van der Waals surface area contributed by atoms with Crippen molar-refractivity contribution in [3.8, 4) is 6.07 Å². The van der Waals surface area contributed by atoms with Crippen molar-refractivity contribution in [2.75, 3.05) is 5.32 Å². The van der Waals surface area contributed by atoms with E-state index < -0.39 is 0 Å². The molecule has 0 bridgehead atoms. The van der Waals surface area contributed by atoms with Gasteiger partial charge < -0.3 is 5.32 Å². The van der Waals surface area contributed by atoms with Crippen molar-refractivity contribution in [1.29, 1.82) is 5.26 Å². The third-order valence-electron chi connectivity index (χ3n) is 6.30. The molecule has 4 nitrogen and oxygen atoms in total. The molecule has 1 atom stereocenters. The summed E-state index contributed by atoms with van der Waals surface area (Å²) in [5.74, 6) is 0.971. The highest BCUT2D eigenvalue weighted by Gasteiger charge is 2.30. The highest BCUT2D eigenvalue weighted by Crippen LogP contribution is 2.40. The molecule has 1 aromatic heterocycles. The summed E-state index contributed by atoms with van der Waals surface area (Å²) in [5, 5.41) is 13.1. The summed E-state index contributed by atoms with van der Waals surface area (Å²) in [6.07, 6.45) is 6.24. The maximum Gasteiger partial charge on any atom is 0.227 e. The average molecular weight is 383 g/mol. The highest BCUT2D eigenvalue weighted by molar-refractivity contribution is 5.92. The first-order chi connectivity index (χ1) is 14.2. The van der Waals surface area contributed by atoms with E-state index in [9.17, 15) is 4.79 Å². The van der Waals surface area contributed by atoms with Gasteiger partial charge in [-0.3, -0.25) is 9.78 Å². The van der Waals surface area contributed by atoms with Crippen LogP contribution < -0.4 is 5.32 Å². The number of nitriles is 1. The number of carbonyl (C=O) groups excluding carboxylic acids is 1. The van der Waals surface area contributed by atoms with Crippen molar-refractivity contribution < 1.29 is 4.79 Å². The second-order valence-corrected chi connectivity index (χ2v) is 8.00. The molecule has 4 rings (SSSR count). The fraction of sp³-hybridized carbons (Fsp3) is 0.320. The molecule has 1 fully saturated rings. The lowest BCUT2D eigenvalue weighted by Crippen LogP contribution is -2.29. The lowest BCUT2D eigenvalue weighted by Gasteiger charge is -2.32. The number of para-hydroxylation sites is 1. The second-order valence-electron chi connectivity index (χ2n) is 8.00. The number of carbonyl (C=O) groups is 1. The van der Waals surface area contributed by atoms with E-state index in [2.05, 4.69) is 40.6 Å². The average Bonchev–Trinajstić information content (AvgIpc) is 2.79. The molecule has 2 aromatic carbocycles. The Bertz CT molecular complexity index is 1040. The normalized spacial score (nSPS) is 20.0. The molecule has 1 amide bonds. The van der Waals surface area contributed by atoms with Crippen LogP contribution in [0.15, 0.2) is 60.8 Å². The number of nitrogens with one attached hydrogen (secondary N) is 1. The summed E-state index contributed by atoms with van der Waals surface area (Å²) in [6, 6.07) is 19.6. The molecule has 29 heavy (non-hydrogen) atoms. The summed E-state index contributed by atoms with van der Waals surface area (Å²) in [5.41, 5.74) is 3.79. The Labute approximate surface area is 171 Å². The lowest BCUT2D eigenvalue weighted by atomic mass is 9.73. The SMILES string of the molecule is C[C@@H](C(=O)Nc1ccc(C#N)cc1)[C@H]1CC[C@@H](c2ccnc3ccccc32)CC1. The summed E-state index contributed by atoms with van der Waals surface area (Å²) in [4.78, 5) is 17.2. The smallest absolute Gasteiger partial charge is 0.227 e. The van der Waals surface area contributed by atoms with E-state index in [0.29, 0.717) is 17.4 Å². The Morgan fingerprint density at radius 1 is 1.07 bits per heavy atom. The number of pyridine rings is 1. The molecule has 1 saturated carbocycles. The molecule has 1 heterocycles. The number of benzene rings is 2. The Balaban J connectivity index is 1.38. The first-order valence-electron chi connectivity index (χ1n) is 10.3. The van der Waals surface area contributed by atoms with E-state index in [-0.39, 0.29) is 11.8 Å². The molecule has 1 aliphatic rings.